The molecule has 0 fully saturated rings. The molecule has 0 spiro atoms. The van der Waals surface area contributed by atoms with Crippen LogP contribution >= 0.6 is 11.6 Å². The summed E-state index contributed by atoms with van der Waals surface area (Å²) in [6.07, 6.45) is 0. The first-order chi connectivity index (χ1) is 17.2. The molecule has 0 bridgehead atoms. The molecule has 1 amide bonds. The van der Waals surface area contributed by atoms with Crippen LogP contribution in [0.2, 0.25) is 5.02 Å². The van der Waals surface area contributed by atoms with Crippen LogP contribution in [0.4, 0.5) is 0 Å². The number of nitrogens with one attached hydrogen (secondary N) is 1. The summed E-state index contributed by atoms with van der Waals surface area (Å²) in [5, 5.41) is 18.5. The van der Waals surface area contributed by atoms with E-state index in [-0.39, 0.29) is 17.1 Å². The number of fused-ring (bicyclic) bond motifs is 1. The highest BCUT2D eigenvalue weighted by Crippen LogP contribution is 2.45. The number of hydrogen-bond acceptors (Lipinski definition) is 4. The van der Waals surface area contributed by atoms with Crippen molar-refractivity contribution < 1.29 is 14.6 Å². The summed E-state index contributed by atoms with van der Waals surface area (Å²) in [6, 6.07) is 20.5. The molecule has 3 aromatic carbocycles. The standard InChI is InChI=1S/C29H28ClN3O3/c1-29(2,3)19-9-7-18(8-10-19)27-24-25(22-15-20(30)11-14-23(22)34)31-32-26(24)28(35)33(27)16-17-5-12-21(36-4)13-6-17/h5-15,27,34H,16H2,1-4H3,(H,31,32). The van der Waals surface area contributed by atoms with E-state index in [4.69, 9.17) is 16.3 Å². The number of methoxy groups -OCH3 is 1. The summed E-state index contributed by atoms with van der Waals surface area (Å²) in [5.41, 5.74) is 5.30. The number of phenolic OH excluding ortho intramolecular Hbond substituents is 1. The van der Waals surface area contributed by atoms with E-state index in [9.17, 15) is 9.90 Å². The first-order valence-corrected chi connectivity index (χ1v) is 12.2. The number of nitrogens with zero attached hydrogens (tertiary/aromatic N) is 2. The van der Waals surface area contributed by atoms with Crippen LogP contribution in [-0.2, 0) is 12.0 Å². The fourth-order valence-corrected chi connectivity index (χ4v) is 4.87. The second kappa shape index (κ2) is 9.03. The smallest absolute Gasteiger partial charge is 0.273 e. The molecule has 1 unspecified atom stereocenters. The van der Waals surface area contributed by atoms with Gasteiger partial charge in [-0.2, -0.15) is 5.10 Å². The van der Waals surface area contributed by atoms with Gasteiger partial charge >= 0.3 is 0 Å². The van der Waals surface area contributed by atoms with Crippen molar-refractivity contribution in [3.8, 4) is 22.8 Å². The van der Waals surface area contributed by atoms with Crippen molar-refractivity contribution in [2.24, 2.45) is 0 Å². The number of amides is 1. The molecule has 0 saturated carbocycles. The molecule has 1 aliphatic heterocycles. The molecule has 2 N–H and O–H groups in total. The highest BCUT2D eigenvalue weighted by atomic mass is 35.5. The minimum atomic E-state index is -0.393. The topological polar surface area (TPSA) is 78.5 Å². The number of aromatic amines is 1. The molecule has 1 aliphatic rings. The van der Waals surface area contributed by atoms with E-state index in [0.29, 0.717) is 28.5 Å². The summed E-state index contributed by atoms with van der Waals surface area (Å²) < 4.78 is 5.28. The maximum Gasteiger partial charge on any atom is 0.273 e. The van der Waals surface area contributed by atoms with Crippen LogP contribution in [0.3, 0.4) is 0 Å². The third kappa shape index (κ3) is 4.22. The highest BCUT2D eigenvalue weighted by molar-refractivity contribution is 6.31. The van der Waals surface area contributed by atoms with Gasteiger partial charge in [-0.1, -0.05) is 68.8 Å². The Morgan fingerprint density at radius 1 is 1.06 bits per heavy atom. The van der Waals surface area contributed by atoms with Gasteiger partial charge in [-0.15, -0.1) is 0 Å². The van der Waals surface area contributed by atoms with Gasteiger partial charge in [0.15, 0.2) is 0 Å². The fraction of sp³-hybridized carbons (Fsp3) is 0.241. The molecular weight excluding hydrogens is 474 g/mol. The second-order valence-electron chi connectivity index (χ2n) is 10.1. The number of carbonyl (C=O) groups excluding carboxylic acids is 1. The van der Waals surface area contributed by atoms with Crippen molar-refractivity contribution in [1.29, 1.82) is 0 Å². The van der Waals surface area contributed by atoms with E-state index < -0.39 is 6.04 Å². The van der Waals surface area contributed by atoms with Gasteiger partial charge in [0.2, 0.25) is 0 Å². The summed E-state index contributed by atoms with van der Waals surface area (Å²) in [5.74, 6) is 0.663. The van der Waals surface area contributed by atoms with Crippen molar-refractivity contribution >= 4 is 17.5 Å². The van der Waals surface area contributed by atoms with Crippen LogP contribution in [0.25, 0.3) is 11.3 Å². The first kappa shape index (κ1) is 23.9. The zero-order valence-electron chi connectivity index (χ0n) is 20.7. The van der Waals surface area contributed by atoms with Crippen LogP contribution in [0.1, 0.15) is 59.6 Å². The molecule has 36 heavy (non-hydrogen) atoms. The van der Waals surface area contributed by atoms with Crippen molar-refractivity contribution in [1.82, 2.24) is 15.1 Å². The van der Waals surface area contributed by atoms with E-state index in [1.807, 2.05) is 29.2 Å². The molecule has 7 heteroatoms. The third-order valence-corrected chi connectivity index (χ3v) is 6.92. The Balaban J connectivity index is 1.63. The number of aromatic hydroxyl groups is 1. The average Bonchev–Trinajstić information content (AvgIpc) is 3.40. The van der Waals surface area contributed by atoms with Crippen molar-refractivity contribution in [2.45, 2.75) is 38.8 Å². The zero-order chi connectivity index (χ0) is 25.6. The monoisotopic (exact) mass is 501 g/mol. The normalized spacial score (nSPS) is 15.3. The SMILES string of the molecule is COc1ccc(CN2C(=O)c3[nH]nc(-c4cc(Cl)ccc4O)c3C2c2ccc(C(C)(C)C)cc2)cc1. The quantitative estimate of drug-likeness (QED) is 0.327. The van der Waals surface area contributed by atoms with Gasteiger partial charge in [0.05, 0.1) is 13.2 Å². The lowest BCUT2D eigenvalue weighted by Gasteiger charge is -2.27. The van der Waals surface area contributed by atoms with Crippen LogP contribution in [0.5, 0.6) is 11.5 Å². The van der Waals surface area contributed by atoms with Crippen LogP contribution < -0.4 is 4.74 Å². The van der Waals surface area contributed by atoms with Gasteiger partial charge in [-0.3, -0.25) is 9.89 Å². The largest absolute Gasteiger partial charge is 0.507 e. The molecule has 2 heterocycles. The molecule has 6 nitrogen and oxygen atoms in total. The lowest BCUT2D eigenvalue weighted by Crippen LogP contribution is -2.29. The zero-order valence-corrected chi connectivity index (χ0v) is 21.4. The van der Waals surface area contributed by atoms with Gasteiger partial charge < -0.3 is 14.7 Å². The van der Waals surface area contributed by atoms with Crippen LogP contribution in [-0.4, -0.2) is 33.2 Å². The van der Waals surface area contributed by atoms with Crippen LogP contribution in [0.15, 0.2) is 66.7 Å². The number of halogens is 1. The predicted octanol–water partition coefficient (Wildman–Crippen LogP) is 6.49. The van der Waals surface area contributed by atoms with Crippen molar-refractivity contribution in [3.05, 3.63) is 99.7 Å². The van der Waals surface area contributed by atoms with Crippen molar-refractivity contribution in [3.63, 3.8) is 0 Å². The molecule has 1 aromatic heterocycles. The Labute approximate surface area is 215 Å². The lowest BCUT2D eigenvalue weighted by molar-refractivity contribution is 0.0730. The fourth-order valence-electron chi connectivity index (χ4n) is 4.70. The Hall–Kier alpha value is -3.77. The molecule has 184 valence electrons. The minimum absolute atomic E-state index is 0.00530. The number of carbonyl (C=O) groups is 1. The number of benzene rings is 3. The molecule has 0 aliphatic carbocycles. The van der Waals surface area contributed by atoms with E-state index in [0.717, 1.165) is 22.4 Å². The maximum atomic E-state index is 13.7. The molecule has 0 radical (unpaired) electrons. The Kier molecular flexibility index (Phi) is 6.00. The van der Waals surface area contributed by atoms with Gasteiger partial charge in [-0.05, 0) is 52.4 Å². The van der Waals surface area contributed by atoms with E-state index >= 15 is 0 Å². The number of ether oxygens (including phenoxy) is 1. The molecular formula is C29H28ClN3O3. The second-order valence-corrected chi connectivity index (χ2v) is 10.5. The van der Waals surface area contributed by atoms with Gasteiger partial charge in [-0.25, -0.2) is 0 Å². The maximum absolute atomic E-state index is 13.7. The number of H-pyrrole nitrogens is 1. The highest BCUT2D eigenvalue weighted by Gasteiger charge is 2.42. The van der Waals surface area contributed by atoms with Crippen LogP contribution in [0, 0.1) is 0 Å². The lowest BCUT2D eigenvalue weighted by atomic mass is 9.85. The minimum Gasteiger partial charge on any atom is -0.507 e. The first-order valence-electron chi connectivity index (χ1n) is 11.8. The van der Waals surface area contributed by atoms with E-state index in [2.05, 4.69) is 55.2 Å². The number of hydrogen-bond donors (Lipinski definition) is 2. The summed E-state index contributed by atoms with van der Waals surface area (Å²) in [4.78, 5) is 15.5. The molecule has 5 rings (SSSR count). The average molecular weight is 502 g/mol. The predicted molar refractivity (Wildman–Crippen MR) is 141 cm³/mol. The molecule has 0 saturated heterocycles. The molecule has 1 atom stereocenters. The van der Waals surface area contributed by atoms with Gasteiger partial charge in [0, 0.05) is 22.7 Å². The third-order valence-electron chi connectivity index (χ3n) is 6.68. The number of phenols is 1. The summed E-state index contributed by atoms with van der Waals surface area (Å²) >= 11 is 6.25. The van der Waals surface area contributed by atoms with Gasteiger partial charge in [0.1, 0.15) is 22.9 Å². The Bertz CT molecular complexity index is 1420. The van der Waals surface area contributed by atoms with Crippen molar-refractivity contribution in [2.75, 3.05) is 7.11 Å². The summed E-state index contributed by atoms with van der Waals surface area (Å²) in [6.45, 7) is 6.92. The van der Waals surface area contributed by atoms with E-state index in [1.54, 1.807) is 19.2 Å². The Morgan fingerprint density at radius 2 is 1.75 bits per heavy atom. The number of aromatic nitrogens is 2. The summed E-state index contributed by atoms with van der Waals surface area (Å²) in [7, 11) is 1.63. The number of rotatable bonds is 5. The molecule has 4 aromatic rings. The van der Waals surface area contributed by atoms with E-state index in [1.165, 1.54) is 11.6 Å². The Morgan fingerprint density at radius 3 is 2.39 bits per heavy atom. The van der Waals surface area contributed by atoms with Gasteiger partial charge in [0.25, 0.3) is 5.91 Å².